The number of rotatable bonds is 6. The molecule has 1 aromatic rings. The van der Waals surface area contributed by atoms with Crippen LogP contribution in [0.1, 0.15) is 30.6 Å². The normalized spacial score (nSPS) is 11.7. The first kappa shape index (κ1) is 16.3. The van der Waals surface area contributed by atoms with Gasteiger partial charge in [0.25, 0.3) is 5.91 Å². The highest BCUT2D eigenvalue weighted by atomic mass is 35.5. The first-order valence-electron chi connectivity index (χ1n) is 6.45. The SMILES string of the molecule is CC(C)CN(CCC(N)=NO)C(=O)c1ccc(Cl)cc1. The standard InChI is InChI=1S/C14H20ClN3O2/c1-10(2)9-18(8-7-13(16)17-20)14(19)11-3-5-12(15)6-4-11/h3-6,10,20H,7-9H2,1-2H3,(H2,16,17). The highest BCUT2D eigenvalue weighted by Gasteiger charge is 2.17. The minimum Gasteiger partial charge on any atom is -0.409 e. The van der Waals surface area contributed by atoms with E-state index in [-0.39, 0.29) is 11.7 Å². The van der Waals surface area contributed by atoms with Crippen LogP contribution in [-0.2, 0) is 0 Å². The third-order valence-electron chi connectivity index (χ3n) is 2.73. The number of nitrogens with two attached hydrogens (primary N) is 1. The van der Waals surface area contributed by atoms with Gasteiger partial charge in [-0.15, -0.1) is 0 Å². The summed E-state index contributed by atoms with van der Waals surface area (Å²) in [4.78, 5) is 14.1. The summed E-state index contributed by atoms with van der Waals surface area (Å²) < 4.78 is 0. The van der Waals surface area contributed by atoms with E-state index in [1.54, 1.807) is 29.2 Å². The number of carbonyl (C=O) groups is 1. The van der Waals surface area contributed by atoms with Gasteiger partial charge in [-0.2, -0.15) is 0 Å². The Morgan fingerprint density at radius 2 is 2.00 bits per heavy atom. The molecule has 0 unspecified atom stereocenters. The molecule has 6 heteroatoms. The Morgan fingerprint density at radius 1 is 1.40 bits per heavy atom. The van der Waals surface area contributed by atoms with E-state index in [4.69, 9.17) is 22.5 Å². The maximum atomic E-state index is 12.4. The molecule has 5 nitrogen and oxygen atoms in total. The molecule has 0 saturated carbocycles. The maximum Gasteiger partial charge on any atom is 0.253 e. The van der Waals surface area contributed by atoms with Gasteiger partial charge in [-0.3, -0.25) is 4.79 Å². The second kappa shape index (κ2) is 7.75. The van der Waals surface area contributed by atoms with E-state index in [1.165, 1.54) is 0 Å². The van der Waals surface area contributed by atoms with Gasteiger partial charge in [-0.05, 0) is 30.2 Å². The molecule has 20 heavy (non-hydrogen) atoms. The van der Waals surface area contributed by atoms with Crippen molar-refractivity contribution in [3.05, 3.63) is 34.9 Å². The fourth-order valence-corrected chi connectivity index (χ4v) is 1.92. The molecule has 1 aromatic carbocycles. The van der Waals surface area contributed by atoms with E-state index < -0.39 is 0 Å². The van der Waals surface area contributed by atoms with Crippen molar-refractivity contribution in [1.82, 2.24) is 4.90 Å². The lowest BCUT2D eigenvalue weighted by Crippen LogP contribution is -2.36. The number of hydrogen-bond donors (Lipinski definition) is 2. The molecule has 0 fully saturated rings. The minimum absolute atomic E-state index is 0.0823. The van der Waals surface area contributed by atoms with E-state index in [0.29, 0.717) is 36.0 Å². The lowest BCUT2D eigenvalue weighted by molar-refractivity contribution is 0.0740. The summed E-state index contributed by atoms with van der Waals surface area (Å²) in [7, 11) is 0. The van der Waals surface area contributed by atoms with Crippen molar-refractivity contribution < 1.29 is 10.0 Å². The zero-order valence-electron chi connectivity index (χ0n) is 11.7. The van der Waals surface area contributed by atoms with Crippen molar-refractivity contribution >= 4 is 23.3 Å². The van der Waals surface area contributed by atoms with Gasteiger partial charge in [-0.1, -0.05) is 30.6 Å². The lowest BCUT2D eigenvalue weighted by Gasteiger charge is -2.24. The van der Waals surface area contributed by atoms with Crippen LogP contribution in [0.15, 0.2) is 29.4 Å². The van der Waals surface area contributed by atoms with E-state index in [0.717, 1.165) is 0 Å². The zero-order chi connectivity index (χ0) is 15.1. The van der Waals surface area contributed by atoms with Crippen molar-refractivity contribution in [1.29, 1.82) is 0 Å². The highest BCUT2D eigenvalue weighted by Crippen LogP contribution is 2.13. The summed E-state index contributed by atoms with van der Waals surface area (Å²) in [5, 5.41) is 12.1. The van der Waals surface area contributed by atoms with Crippen LogP contribution >= 0.6 is 11.6 Å². The van der Waals surface area contributed by atoms with Crippen LogP contribution in [0.2, 0.25) is 5.02 Å². The molecule has 0 aromatic heterocycles. The second-order valence-corrected chi connectivity index (χ2v) is 5.43. The summed E-state index contributed by atoms with van der Waals surface area (Å²) >= 11 is 5.82. The fraction of sp³-hybridized carbons (Fsp3) is 0.429. The smallest absolute Gasteiger partial charge is 0.253 e. The van der Waals surface area contributed by atoms with Gasteiger partial charge in [-0.25, -0.2) is 0 Å². The van der Waals surface area contributed by atoms with E-state index >= 15 is 0 Å². The molecule has 3 N–H and O–H groups in total. The second-order valence-electron chi connectivity index (χ2n) is 4.99. The first-order chi connectivity index (χ1) is 9.43. The molecule has 0 radical (unpaired) electrons. The Hall–Kier alpha value is -1.75. The molecule has 0 aliphatic rings. The number of oxime groups is 1. The number of benzene rings is 1. The largest absolute Gasteiger partial charge is 0.409 e. The molecule has 0 spiro atoms. The van der Waals surface area contributed by atoms with Gasteiger partial charge >= 0.3 is 0 Å². The lowest BCUT2D eigenvalue weighted by atomic mass is 10.1. The van der Waals surface area contributed by atoms with Gasteiger partial charge in [0.05, 0.1) is 0 Å². The molecule has 0 aliphatic carbocycles. The van der Waals surface area contributed by atoms with Gasteiger partial charge < -0.3 is 15.8 Å². The Morgan fingerprint density at radius 3 is 2.50 bits per heavy atom. The number of halogens is 1. The van der Waals surface area contributed by atoms with Gasteiger partial charge in [0.15, 0.2) is 0 Å². The molecule has 0 atom stereocenters. The summed E-state index contributed by atoms with van der Waals surface area (Å²) in [6.45, 7) is 5.09. The quantitative estimate of drug-likeness (QED) is 0.366. The topological polar surface area (TPSA) is 78.9 Å². The summed E-state index contributed by atoms with van der Waals surface area (Å²) in [5.74, 6) is 0.363. The van der Waals surface area contributed by atoms with Crippen LogP contribution in [0.25, 0.3) is 0 Å². The molecular weight excluding hydrogens is 278 g/mol. The van der Waals surface area contributed by atoms with Crippen LogP contribution in [-0.4, -0.2) is 34.9 Å². The number of amidine groups is 1. The van der Waals surface area contributed by atoms with Gasteiger partial charge in [0.2, 0.25) is 0 Å². The van der Waals surface area contributed by atoms with Crippen LogP contribution in [0.4, 0.5) is 0 Å². The third-order valence-corrected chi connectivity index (χ3v) is 2.98. The molecule has 0 aliphatic heterocycles. The van der Waals surface area contributed by atoms with Crippen LogP contribution in [0.5, 0.6) is 0 Å². The maximum absolute atomic E-state index is 12.4. The van der Waals surface area contributed by atoms with E-state index in [2.05, 4.69) is 5.16 Å². The summed E-state index contributed by atoms with van der Waals surface area (Å²) in [6, 6.07) is 6.76. The molecule has 0 heterocycles. The average Bonchev–Trinajstić information content (AvgIpc) is 2.42. The zero-order valence-corrected chi connectivity index (χ0v) is 12.5. The van der Waals surface area contributed by atoms with Crippen molar-refractivity contribution in [2.24, 2.45) is 16.8 Å². The average molecular weight is 298 g/mol. The van der Waals surface area contributed by atoms with Crippen LogP contribution in [0.3, 0.4) is 0 Å². The first-order valence-corrected chi connectivity index (χ1v) is 6.83. The fourth-order valence-electron chi connectivity index (χ4n) is 1.79. The number of amides is 1. The van der Waals surface area contributed by atoms with E-state index in [1.807, 2.05) is 13.8 Å². The summed E-state index contributed by atoms with van der Waals surface area (Å²) in [6.07, 6.45) is 0.336. The van der Waals surface area contributed by atoms with Crippen molar-refractivity contribution in [2.75, 3.05) is 13.1 Å². The predicted molar refractivity (Wildman–Crippen MR) is 80.2 cm³/mol. The van der Waals surface area contributed by atoms with Crippen molar-refractivity contribution in [2.45, 2.75) is 20.3 Å². The van der Waals surface area contributed by atoms with Crippen LogP contribution in [0, 0.1) is 5.92 Å². The highest BCUT2D eigenvalue weighted by molar-refractivity contribution is 6.30. The number of carbonyl (C=O) groups excluding carboxylic acids is 1. The van der Waals surface area contributed by atoms with Gasteiger partial charge in [0.1, 0.15) is 5.84 Å². The summed E-state index contributed by atoms with van der Waals surface area (Å²) in [5.41, 5.74) is 6.03. The Bertz CT molecular complexity index is 472. The molecule has 0 saturated heterocycles. The Kier molecular flexibility index (Phi) is 6.31. The third kappa shape index (κ3) is 5.09. The predicted octanol–water partition coefficient (Wildman–Crippen LogP) is 2.57. The molecule has 1 amide bonds. The Labute approximate surface area is 124 Å². The van der Waals surface area contributed by atoms with E-state index in [9.17, 15) is 4.79 Å². The van der Waals surface area contributed by atoms with Gasteiger partial charge in [0, 0.05) is 30.1 Å². The molecule has 0 bridgehead atoms. The van der Waals surface area contributed by atoms with Crippen molar-refractivity contribution in [3.8, 4) is 0 Å². The van der Waals surface area contributed by atoms with Crippen LogP contribution < -0.4 is 5.73 Å². The number of nitrogens with zero attached hydrogens (tertiary/aromatic N) is 2. The molecule has 110 valence electrons. The molecule has 1 rings (SSSR count). The monoisotopic (exact) mass is 297 g/mol. The minimum atomic E-state index is -0.0823. The Balaban J connectivity index is 2.80. The van der Waals surface area contributed by atoms with Crippen molar-refractivity contribution in [3.63, 3.8) is 0 Å². The molecular formula is C14H20ClN3O2. The number of hydrogen-bond acceptors (Lipinski definition) is 3.